The summed E-state index contributed by atoms with van der Waals surface area (Å²) in [4.78, 5) is 26.8. The average molecular weight is 454 g/mol. The van der Waals surface area contributed by atoms with Crippen molar-refractivity contribution in [2.24, 2.45) is 0 Å². The first-order valence-corrected chi connectivity index (χ1v) is 12.4. The second-order valence-electron chi connectivity index (χ2n) is 7.94. The lowest BCUT2D eigenvalue weighted by Crippen LogP contribution is -2.54. The van der Waals surface area contributed by atoms with Crippen LogP contribution >= 0.6 is 0 Å². The number of fused-ring (bicyclic) bond motifs is 2. The summed E-state index contributed by atoms with van der Waals surface area (Å²) in [6.07, 6.45) is 1.97. The molecule has 172 valence electrons. The average Bonchev–Trinajstić information content (AvgIpc) is 2.75. The lowest BCUT2D eigenvalue weighted by molar-refractivity contribution is -0.134. The minimum absolute atomic E-state index is 0.0334. The van der Waals surface area contributed by atoms with Gasteiger partial charge in [-0.15, -0.1) is 0 Å². The molecule has 2 N–H and O–H groups in total. The van der Waals surface area contributed by atoms with Crippen LogP contribution in [0.3, 0.4) is 0 Å². The second-order valence-corrected chi connectivity index (χ2v) is 9.95. The molecule has 0 spiro atoms. The van der Waals surface area contributed by atoms with Crippen LogP contribution in [0.1, 0.15) is 49.9 Å². The van der Waals surface area contributed by atoms with Crippen LogP contribution in [0.25, 0.3) is 0 Å². The summed E-state index contributed by atoms with van der Waals surface area (Å²) in [7, 11) is -1.74. The highest BCUT2D eigenvalue weighted by Crippen LogP contribution is 2.32. The quantitative estimate of drug-likeness (QED) is 0.650. The van der Waals surface area contributed by atoms with Crippen molar-refractivity contribution in [1.29, 1.82) is 0 Å². The summed E-state index contributed by atoms with van der Waals surface area (Å²) in [6, 6.07) is 4.48. The highest BCUT2D eigenvalue weighted by Gasteiger charge is 2.39. The van der Waals surface area contributed by atoms with E-state index in [9.17, 15) is 18.0 Å². The predicted molar refractivity (Wildman–Crippen MR) is 117 cm³/mol. The van der Waals surface area contributed by atoms with Crippen molar-refractivity contribution >= 4 is 27.5 Å². The van der Waals surface area contributed by atoms with Crippen LogP contribution in [0.15, 0.2) is 18.2 Å². The largest absolute Gasteiger partial charge is 0.490 e. The van der Waals surface area contributed by atoms with Gasteiger partial charge in [-0.2, -0.15) is 0 Å². The van der Waals surface area contributed by atoms with E-state index in [-0.39, 0.29) is 42.4 Å². The van der Waals surface area contributed by atoms with Crippen molar-refractivity contribution in [3.05, 3.63) is 23.8 Å². The van der Waals surface area contributed by atoms with E-state index in [0.717, 1.165) is 6.42 Å². The molecule has 2 amide bonds. The predicted octanol–water partition coefficient (Wildman–Crippen LogP) is 1.75. The number of carbonyl (C=O) groups excluding carboxylic acids is 2. The summed E-state index contributed by atoms with van der Waals surface area (Å²) < 4.78 is 38.3. The topological polar surface area (TPSA) is 114 Å². The molecule has 2 aliphatic rings. The van der Waals surface area contributed by atoms with Gasteiger partial charge in [-0.25, -0.2) is 8.42 Å². The Kier molecular flexibility index (Phi) is 7.42. The maximum atomic E-state index is 13.2. The summed E-state index contributed by atoms with van der Waals surface area (Å²) in [6.45, 7) is 4.43. The molecule has 3 rings (SSSR count). The molecule has 10 heteroatoms. The van der Waals surface area contributed by atoms with E-state index in [1.54, 1.807) is 31.0 Å². The fourth-order valence-corrected chi connectivity index (χ4v) is 4.52. The van der Waals surface area contributed by atoms with Crippen LogP contribution in [0.2, 0.25) is 0 Å². The minimum atomic E-state index is -3.46. The number of likely N-dealkylation sites (N-methyl/N-ethyl adjacent to an activating group) is 1. The van der Waals surface area contributed by atoms with Crippen LogP contribution in [0.5, 0.6) is 5.75 Å². The van der Waals surface area contributed by atoms with Gasteiger partial charge in [0.1, 0.15) is 18.5 Å². The number of benzene rings is 1. The number of rotatable bonds is 7. The van der Waals surface area contributed by atoms with E-state index in [0.29, 0.717) is 42.8 Å². The zero-order valence-electron chi connectivity index (χ0n) is 18.2. The highest BCUT2D eigenvalue weighted by atomic mass is 32.2. The molecule has 2 aliphatic heterocycles. The molecule has 0 saturated carbocycles. The monoisotopic (exact) mass is 453 g/mol. The zero-order chi connectivity index (χ0) is 22.6. The van der Waals surface area contributed by atoms with Gasteiger partial charge in [0, 0.05) is 19.3 Å². The number of hydrogen-bond acceptors (Lipinski definition) is 6. The standard InChI is InChI=1S/C21H31N3O6S/c1-4-10-22-20(25)12-15-7-8-17-19(30-15)13-29-18-9-6-14(23-31(27,28)5-2)11-16(18)21(26)24(17)3/h6,9,11,15,17,19,23H,4-5,7-8,10,12-13H2,1-3H3,(H,22,25)/t15-,17-,19-/m0/s1. The molecule has 0 aliphatic carbocycles. The molecule has 3 atom stereocenters. The molecule has 2 heterocycles. The fraction of sp³-hybridized carbons (Fsp3) is 0.619. The normalized spacial score (nSPS) is 23.6. The first-order chi connectivity index (χ1) is 14.7. The van der Waals surface area contributed by atoms with Crippen LogP contribution in [-0.4, -0.2) is 69.3 Å². The van der Waals surface area contributed by atoms with Gasteiger partial charge in [0.05, 0.1) is 29.9 Å². The summed E-state index contributed by atoms with van der Waals surface area (Å²) >= 11 is 0. The third-order valence-electron chi connectivity index (χ3n) is 5.65. The van der Waals surface area contributed by atoms with Crippen molar-refractivity contribution < 1.29 is 27.5 Å². The number of ether oxygens (including phenoxy) is 2. The van der Waals surface area contributed by atoms with Gasteiger partial charge < -0.3 is 19.7 Å². The Hall–Kier alpha value is -2.33. The van der Waals surface area contributed by atoms with Crippen molar-refractivity contribution in [3.63, 3.8) is 0 Å². The number of nitrogens with zero attached hydrogens (tertiary/aromatic N) is 1. The molecule has 1 aromatic rings. The summed E-state index contributed by atoms with van der Waals surface area (Å²) in [5.74, 6) is 0.0210. The lowest BCUT2D eigenvalue weighted by atomic mass is 9.94. The van der Waals surface area contributed by atoms with Crippen LogP contribution in [-0.2, 0) is 19.6 Å². The Balaban J connectivity index is 1.75. The van der Waals surface area contributed by atoms with E-state index in [2.05, 4.69) is 10.0 Å². The van der Waals surface area contributed by atoms with E-state index >= 15 is 0 Å². The number of hydrogen-bond donors (Lipinski definition) is 2. The number of sulfonamides is 1. The van der Waals surface area contributed by atoms with Crippen molar-refractivity contribution in [2.75, 3.05) is 30.7 Å². The van der Waals surface area contributed by atoms with Gasteiger partial charge in [0.2, 0.25) is 15.9 Å². The van der Waals surface area contributed by atoms with Gasteiger partial charge in [-0.1, -0.05) is 6.92 Å². The highest BCUT2D eigenvalue weighted by molar-refractivity contribution is 7.92. The number of carbonyl (C=O) groups is 2. The molecule has 0 aromatic heterocycles. The first-order valence-electron chi connectivity index (χ1n) is 10.7. The molecule has 0 unspecified atom stereocenters. The molecular weight excluding hydrogens is 422 g/mol. The van der Waals surface area contributed by atoms with E-state index in [4.69, 9.17) is 9.47 Å². The van der Waals surface area contributed by atoms with Gasteiger partial charge in [-0.05, 0) is 44.4 Å². The van der Waals surface area contributed by atoms with Crippen LogP contribution in [0.4, 0.5) is 5.69 Å². The molecular formula is C21H31N3O6S. The molecule has 0 radical (unpaired) electrons. The maximum Gasteiger partial charge on any atom is 0.257 e. The van der Waals surface area contributed by atoms with Crippen LogP contribution < -0.4 is 14.8 Å². The summed E-state index contributed by atoms with van der Waals surface area (Å²) in [5.41, 5.74) is 0.624. The molecule has 9 nitrogen and oxygen atoms in total. The van der Waals surface area contributed by atoms with Gasteiger partial charge in [0.25, 0.3) is 5.91 Å². The third kappa shape index (κ3) is 5.68. The molecule has 1 aromatic carbocycles. The molecule has 1 saturated heterocycles. The Bertz CT molecular complexity index is 920. The first kappa shape index (κ1) is 23.3. The number of amides is 2. The van der Waals surface area contributed by atoms with Gasteiger partial charge >= 0.3 is 0 Å². The van der Waals surface area contributed by atoms with Crippen LogP contribution in [0, 0.1) is 0 Å². The second kappa shape index (κ2) is 9.86. The number of nitrogens with one attached hydrogen (secondary N) is 2. The van der Waals surface area contributed by atoms with E-state index < -0.39 is 10.0 Å². The Labute approximate surface area is 183 Å². The van der Waals surface area contributed by atoms with Gasteiger partial charge in [-0.3, -0.25) is 14.3 Å². The molecule has 31 heavy (non-hydrogen) atoms. The fourth-order valence-electron chi connectivity index (χ4n) is 3.89. The zero-order valence-corrected chi connectivity index (χ0v) is 19.0. The Morgan fingerprint density at radius 3 is 2.74 bits per heavy atom. The SMILES string of the molecule is CCCNC(=O)C[C@@H]1CC[C@H]2[C@H](COc3ccc(NS(=O)(=O)CC)cc3C(=O)N2C)O1. The minimum Gasteiger partial charge on any atom is -0.490 e. The number of anilines is 1. The molecule has 0 bridgehead atoms. The smallest absolute Gasteiger partial charge is 0.257 e. The Morgan fingerprint density at radius 2 is 2.03 bits per heavy atom. The van der Waals surface area contributed by atoms with Crippen molar-refractivity contribution in [3.8, 4) is 5.75 Å². The Morgan fingerprint density at radius 1 is 1.26 bits per heavy atom. The van der Waals surface area contributed by atoms with Gasteiger partial charge in [0.15, 0.2) is 0 Å². The maximum absolute atomic E-state index is 13.2. The van der Waals surface area contributed by atoms with Crippen molar-refractivity contribution in [1.82, 2.24) is 10.2 Å². The third-order valence-corrected chi connectivity index (χ3v) is 6.96. The van der Waals surface area contributed by atoms with Crippen molar-refractivity contribution in [2.45, 2.75) is 57.8 Å². The molecule has 1 fully saturated rings. The van der Waals surface area contributed by atoms with E-state index in [1.165, 1.54) is 6.07 Å². The lowest BCUT2D eigenvalue weighted by Gasteiger charge is -2.42. The van der Waals surface area contributed by atoms with E-state index in [1.807, 2.05) is 6.92 Å². The summed E-state index contributed by atoms with van der Waals surface area (Å²) in [5, 5.41) is 2.86.